The first-order chi connectivity index (χ1) is 9.38. The molecular formula is C17H25NS. The summed E-state index contributed by atoms with van der Waals surface area (Å²) in [7, 11) is 0. The maximum absolute atomic E-state index is 3.87. The molecule has 0 amide bonds. The van der Waals surface area contributed by atoms with Crippen molar-refractivity contribution in [2.45, 2.75) is 61.6 Å². The number of nitrogens with one attached hydrogen (secondary N) is 1. The van der Waals surface area contributed by atoms with Gasteiger partial charge in [0.05, 0.1) is 0 Å². The van der Waals surface area contributed by atoms with E-state index in [9.17, 15) is 0 Å². The molecule has 1 heterocycles. The Morgan fingerprint density at radius 1 is 1.26 bits per heavy atom. The molecule has 2 aliphatic rings. The molecule has 1 aromatic rings. The van der Waals surface area contributed by atoms with Crippen molar-refractivity contribution in [3.63, 3.8) is 0 Å². The van der Waals surface area contributed by atoms with Crippen molar-refractivity contribution < 1.29 is 0 Å². The van der Waals surface area contributed by atoms with Crippen LogP contribution in [0.25, 0.3) is 0 Å². The van der Waals surface area contributed by atoms with Crippen LogP contribution in [0.15, 0.2) is 29.2 Å². The summed E-state index contributed by atoms with van der Waals surface area (Å²) >= 11 is 2.12. The first-order valence-electron chi connectivity index (χ1n) is 7.86. The molecule has 0 aromatic heterocycles. The minimum Gasteiger partial charge on any atom is -0.313 e. The van der Waals surface area contributed by atoms with E-state index in [2.05, 4.69) is 48.3 Å². The van der Waals surface area contributed by atoms with Crippen LogP contribution in [0.5, 0.6) is 0 Å². The summed E-state index contributed by atoms with van der Waals surface area (Å²) < 4.78 is 0. The van der Waals surface area contributed by atoms with Gasteiger partial charge < -0.3 is 5.32 Å². The average Bonchev–Trinajstić information content (AvgIpc) is 3.08. The number of hydrogen-bond acceptors (Lipinski definition) is 2. The fourth-order valence-corrected chi connectivity index (χ4v) is 5.15. The molecule has 1 aliphatic heterocycles. The van der Waals surface area contributed by atoms with Gasteiger partial charge in [0.2, 0.25) is 0 Å². The molecule has 2 atom stereocenters. The van der Waals surface area contributed by atoms with Crippen molar-refractivity contribution in [2.24, 2.45) is 5.92 Å². The predicted molar refractivity (Wildman–Crippen MR) is 83.8 cm³/mol. The molecule has 0 bridgehead atoms. The van der Waals surface area contributed by atoms with E-state index in [1.165, 1.54) is 50.0 Å². The van der Waals surface area contributed by atoms with Crippen molar-refractivity contribution in [2.75, 3.05) is 6.54 Å². The van der Waals surface area contributed by atoms with Gasteiger partial charge in [0, 0.05) is 16.2 Å². The molecule has 0 spiro atoms. The minimum atomic E-state index is 0.722. The van der Waals surface area contributed by atoms with Gasteiger partial charge in [-0.05, 0) is 49.8 Å². The monoisotopic (exact) mass is 275 g/mol. The lowest BCUT2D eigenvalue weighted by Gasteiger charge is -2.29. The third-order valence-electron chi connectivity index (χ3n) is 4.61. The van der Waals surface area contributed by atoms with Crippen LogP contribution in [0.1, 0.15) is 44.6 Å². The Morgan fingerprint density at radius 2 is 2.05 bits per heavy atom. The smallest absolute Gasteiger partial charge is 0.0291 e. The van der Waals surface area contributed by atoms with Crippen molar-refractivity contribution in [3.8, 4) is 0 Å². The van der Waals surface area contributed by atoms with Crippen LogP contribution in [0.4, 0.5) is 0 Å². The van der Waals surface area contributed by atoms with Crippen LogP contribution in [-0.4, -0.2) is 17.8 Å². The first kappa shape index (κ1) is 13.5. The number of rotatable bonds is 5. The Balaban J connectivity index is 1.70. The van der Waals surface area contributed by atoms with Crippen LogP contribution in [0.2, 0.25) is 0 Å². The lowest BCUT2D eigenvalue weighted by molar-refractivity contribution is 0.350. The second-order valence-corrected chi connectivity index (χ2v) is 7.27. The molecule has 3 rings (SSSR count). The van der Waals surface area contributed by atoms with E-state index in [1.807, 2.05) is 0 Å². The van der Waals surface area contributed by atoms with E-state index in [4.69, 9.17) is 0 Å². The fraction of sp³-hybridized carbons (Fsp3) is 0.647. The maximum Gasteiger partial charge on any atom is 0.0291 e. The zero-order chi connectivity index (χ0) is 13.1. The van der Waals surface area contributed by atoms with E-state index in [1.54, 1.807) is 5.56 Å². The quantitative estimate of drug-likeness (QED) is 0.861. The largest absolute Gasteiger partial charge is 0.313 e. The van der Waals surface area contributed by atoms with Crippen LogP contribution in [0, 0.1) is 5.92 Å². The molecular weight excluding hydrogens is 250 g/mol. The van der Waals surface area contributed by atoms with E-state index in [0.29, 0.717) is 0 Å². The maximum atomic E-state index is 3.87. The van der Waals surface area contributed by atoms with Gasteiger partial charge in [0.1, 0.15) is 0 Å². The highest BCUT2D eigenvalue weighted by atomic mass is 32.2. The summed E-state index contributed by atoms with van der Waals surface area (Å²) in [4.78, 5) is 1.52. The third-order valence-corrected chi connectivity index (χ3v) is 6.03. The molecule has 0 saturated heterocycles. The Hall–Kier alpha value is -0.470. The molecule has 1 N–H and O–H groups in total. The minimum absolute atomic E-state index is 0.722. The zero-order valence-electron chi connectivity index (χ0n) is 11.9. The van der Waals surface area contributed by atoms with Gasteiger partial charge in [-0.3, -0.25) is 0 Å². The number of hydrogen-bond donors (Lipinski definition) is 1. The zero-order valence-corrected chi connectivity index (χ0v) is 12.7. The van der Waals surface area contributed by atoms with Gasteiger partial charge in [0.25, 0.3) is 0 Å². The van der Waals surface area contributed by atoms with Crippen LogP contribution >= 0.6 is 11.8 Å². The highest BCUT2D eigenvalue weighted by Crippen LogP contribution is 2.42. The number of fused-ring (bicyclic) bond motifs is 1. The summed E-state index contributed by atoms with van der Waals surface area (Å²) in [5, 5.41) is 4.62. The normalized spacial score (nSPS) is 24.6. The highest BCUT2D eigenvalue weighted by Gasteiger charge is 2.35. The third kappa shape index (κ3) is 3.00. The standard InChI is InChI=1S/C17H25NS/c1-2-11-18-17(13-7-3-4-8-13)16-12-14-9-5-6-10-15(14)19-16/h5-6,9-10,13,16-18H,2-4,7-8,11-12H2,1H3. The van der Waals surface area contributed by atoms with Gasteiger partial charge in [-0.15, -0.1) is 11.8 Å². The highest BCUT2D eigenvalue weighted by molar-refractivity contribution is 8.00. The molecule has 2 heteroatoms. The van der Waals surface area contributed by atoms with Crippen LogP contribution in [-0.2, 0) is 6.42 Å². The molecule has 19 heavy (non-hydrogen) atoms. The van der Waals surface area contributed by atoms with Crippen LogP contribution in [0.3, 0.4) is 0 Å². The van der Waals surface area contributed by atoms with E-state index < -0.39 is 0 Å². The first-order valence-corrected chi connectivity index (χ1v) is 8.74. The van der Waals surface area contributed by atoms with Gasteiger partial charge in [-0.2, -0.15) is 0 Å². The number of benzene rings is 1. The van der Waals surface area contributed by atoms with E-state index in [0.717, 1.165) is 17.2 Å². The molecule has 1 saturated carbocycles. The topological polar surface area (TPSA) is 12.0 Å². The molecule has 0 radical (unpaired) electrons. The van der Waals surface area contributed by atoms with Crippen molar-refractivity contribution in [1.29, 1.82) is 0 Å². The van der Waals surface area contributed by atoms with Crippen LogP contribution < -0.4 is 5.32 Å². The summed E-state index contributed by atoms with van der Waals surface area (Å²) in [6.07, 6.45) is 8.27. The van der Waals surface area contributed by atoms with Crippen molar-refractivity contribution in [3.05, 3.63) is 29.8 Å². The van der Waals surface area contributed by atoms with Crippen molar-refractivity contribution in [1.82, 2.24) is 5.32 Å². The molecule has 2 unspecified atom stereocenters. The molecule has 104 valence electrons. The van der Waals surface area contributed by atoms with Gasteiger partial charge in [0.15, 0.2) is 0 Å². The van der Waals surface area contributed by atoms with Crippen molar-refractivity contribution >= 4 is 11.8 Å². The molecule has 1 fully saturated rings. The Kier molecular flexibility index (Phi) is 4.49. The van der Waals surface area contributed by atoms with E-state index in [-0.39, 0.29) is 0 Å². The summed E-state index contributed by atoms with van der Waals surface area (Å²) in [5.41, 5.74) is 1.57. The molecule has 1 nitrogen and oxygen atoms in total. The Bertz CT molecular complexity index is 386. The second-order valence-electron chi connectivity index (χ2n) is 5.99. The Morgan fingerprint density at radius 3 is 2.79 bits per heavy atom. The van der Waals surface area contributed by atoms with Gasteiger partial charge >= 0.3 is 0 Å². The number of thioether (sulfide) groups is 1. The fourth-order valence-electron chi connectivity index (χ4n) is 3.64. The summed E-state index contributed by atoms with van der Waals surface area (Å²) in [6.45, 7) is 3.45. The van der Waals surface area contributed by atoms with E-state index >= 15 is 0 Å². The lowest BCUT2D eigenvalue weighted by Crippen LogP contribution is -2.43. The molecule has 1 aromatic carbocycles. The van der Waals surface area contributed by atoms with Gasteiger partial charge in [-0.1, -0.05) is 38.0 Å². The summed E-state index contributed by atoms with van der Waals surface area (Å²) in [6, 6.07) is 9.70. The molecule has 1 aliphatic carbocycles. The SMILES string of the molecule is CCCNC(C1CCCC1)C1Cc2ccccc2S1. The lowest BCUT2D eigenvalue weighted by atomic mass is 9.92. The van der Waals surface area contributed by atoms with Gasteiger partial charge in [-0.25, -0.2) is 0 Å². The summed E-state index contributed by atoms with van der Waals surface area (Å²) in [5.74, 6) is 0.915. The average molecular weight is 275 g/mol. The predicted octanol–water partition coefficient (Wildman–Crippen LogP) is 4.26. The Labute approximate surface area is 121 Å². The second kappa shape index (κ2) is 6.32.